The van der Waals surface area contributed by atoms with E-state index in [0.717, 1.165) is 0 Å². The van der Waals surface area contributed by atoms with Crippen LogP contribution in [-0.4, -0.2) is 37.0 Å². The van der Waals surface area contributed by atoms with Crippen LogP contribution in [0.5, 0.6) is 0 Å². The van der Waals surface area contributed by atoms with E-state index in [9.17, 15) is 26.3 Å². The Labute approximate surface area is 328 Å². The molecule has 0 heterocycles. The van der Waals surface area contributed by atoms with Gasteiger partial charge < -0.3 is 9.11 Å². The standard InChI is InChI=1S/C39H32P2.2CHF3O3S/c1-7-20-34(21-8-1)40(35-22-9-2-10-23-35,36-24-11-3-12-25-36)32-19-33-41(37-26-13-4-14-27-37,38-28-15-5-16-29-38)39-30-17-6-18-31-39;2*2-1(3,4)8(5,6)7/h1-18,20-33H;2*(H,5,6,7)/q+2;;/p-2. The Morgan fingerprint density at radius 1 is 0.368 bits per heavy atom. The van der Waals surface area contributed by atoms with Crippen LogP contribution >= 0.6 is 14.5 Å². The van der Waals surface area contributed by atoms with Crippen LogP contribution in [0.2, 0.25) is 0 Å². The summed E-state index contributed by atoms with van der Waals surface area (Å²) in [5.41, 5.74) is -7.38. The van der Waals surface area contributed by atoms with Gasteiger partial charge in [-0.25, -0.2) is 16.8 Å². The SMILES string of the molecule is C(=C[P+](c1ccccc1)(c1ccccc1)c1ccccc1)=C[P+](c1ccccc1)(c1ccccc1)c1ccccc1.O=S(=O)([O-])C(F)(F)F.O=S(=O)([O-])C(F)(F)F. The summed E-state index contributed by atoms with van der Waals surface area (Å²) >= 11 is 0. The van der Waals surface area contributed by atoms with Crippen LogP contribution in [-0.2, 0) is 20.2 Å². The van der Waals surface area contributed by atoms with Crippen molar-refractivity contribution < 1.29 is 52.3 Å². The first-order chi connectivity index (χ1) is 26.8. The van der Waals surface area contributed by atoms with E-state index in [-0.39, 0.29) is 0 Å². The smallest absolute Gasteiger partial charge is 0.485 e. The van der Waals surface area contributed by atoms with Crippen molar-refractivity contribution in [2.45, 2.75) is 11.0 Å². The van der Waals surface area contributed by atoms with Gasteiger partial charge in [0.25, 0.3) is 0 Å². The van der Waals surface area contributed by atoms with Crippen LogP contribution in [0.15, 0.2) is 199 Å². The third-order valence-corrected chi connectivity index (χ3v) is 17.0. The van der Waals surface area contributed by atoms with E-state index in [1.807, 2.05) is 0 Å². The lowest BCUT2D eigenvalue weighted by Crippen LogP contribution is -2.30. The van der Waals surface area contributed by atoms with E-state index in [0.29, 0.717) is 0 Å². The van der Waals surface area contributed by atoms with Gasteiger partial charge in [0, 0.05) is 0 Å². The maximum absolute atomic E-state index is 10.7. The van der Waals surface area contributed by atoms with Gasteiger partial charge in [-0.15, -0.1) is 0 Å². The lowest BCUT2D eigenvalue weighted by atomic mass is 10.4. The number of hydrogen-bond acceptors (Lipinski definition) is 6. The van der Waals surface area contributed by atoms with E-state index >= 15 is 0 Å². The highest BCUT2D eigenvalue weighted by molar-refractivity contribution is 7.99. The van der Waals surface area contributed by atoms with Crippen molar-refractivity contribution in [3.63, 3.8) is 0 Å². The molecule has 0 aliphatic heterocycles. The van der Waals surface area contributed by atoms with Crippen LogP contribution < -0.4 is 31.8 Å². The molecule has 0 bridgehead atoms. The summed E-state index contributed by atoms with van der Waals surface area (Å²) < 4.78 is 118. The van der Waals surface area contributed by atoms with Crippen molar-refractivity contribution in [1.82, 2.24) is 0 Å². The van der Waals surface area contributed by atoms with Crippen LogP contribution in [0.3, 0.4) is 0 Å². The highest BCUT2D eigenvalue weighted by Crippen LogP contribution is 2.59. The van der Waals surface area contributed by atoms with Crippen LogP contribution in [0.25, 0.3) is 0 Å². The molecule has 0 radical (unpaired) electrons. The molecule has 6 aromatic carbocycles. The van der Waals surface area contributed by atoms with E-state index in [1.54, 1.807) is 0 Å². The normalized spacial score (nSPS) is 12.1. The van der Waals surface area contributed by atoms with Crippen LogP contribution in [0.1, 0.15) is 0 Å². The topological polar surface area (TPSA) is 114 Å². The van der Waals surface area contributed by atoms with Gasteiger partial charge in [-0.3, -0.25) is 0 Å². The van der Waals surface area contributed by atoms with Gasteiger partial charge in [0.1, 0.15) is 58.0 Å². The van der Waals surface area contributed by atoms with Gasteiger partial charge in [0.15, 0.2) is 20.2 Å². The molecule has 0 fully saturated rings. The molecule has 0 saturated carbocycles. The van der Waals surface area contributed by atoms with Crippen LogP contribution in [0.4, 0.5) is 26.3 Å². The molecule has 6 nitrogen and oxygen atoms in total. The summed E-state index contributed by atoms with van der Waals surface area (Å²) in [5.74, 6) is 4.80. The average Bonchev–Trinajstić information content (AvgIpc) is 3.19. The number of hydrogen-bond donors (Lipinski definition) is 0. The number of alkyl halides is 6. The highest BCUT2D eigenvalue weighted by Gasteiger charge is 2.46. The summed E-state index contributed by atoms with van der Waals surface area (Å²) in [6.45, 7) is 0. The van der Waals surface area contributed by atoms with E-state index in [4.69, 9.17) is 25.9 Å². The zero-order valence-electron chi connectivity index (χ0n) is 29.4. The summed E-state index contributed by atoms with van der Waals surface area (Å²) in [5, 5.41) is 7.92. The Morgan fingerprint density at radius 3 is 0.632 bits per heavy atom. The second kappa shape index (κ2) is 19.0. The third-order valence-electron chi connectivity index (χ3n) is 8.08. The molecule has 16 heteroatoms. The average molecular weight is 861 g/mol. The van der Waals surface area contributed by atoms with Gasteiger partial charge >= 0.3 is 11.0 Å². The van der Waals surface area contributed by atoms with E-state index in [1.165, 1.54) is 31.8 Å². The van der Waals surface area contributed by atoms with Gasteiger partial charge in [-0.1, -0.05) is 109 Å². The molecule has 6 rings (SSSR count). The first-order valence-electron chi connectivity index (χ1n) is 16.4. The van der Waals surface area contributed by atoms with Crippen LogP contribution in [0, 0.1) is 0 Å². The first kappa shape index (κ1) is 44.8. The number of rotatable bonds is 8. The van der Waals surface area contributed by atoms with Gasteiger partial charge in [0.05, 0.1) is 0 Å². The van der Waals surface area contributed by atoms with Gasteiger partial charge in [-0.05, 0) is 78.5 Å². The van der Waals surface area contributed by atoms with Crippen molar-refractivity contribution >= 4 is 66.6 Å². The quantitative estimate of drug-likeness (QED) is 0.0510. The molecule has 0 aliphatic carbocycles. The predicted octanol–water partition coefficient (Wildman–Crippen LogP) is 7.70. The Balaban J connectivity index is 0.000000379. The summed E-state index contributed by atoms with van der Waals surface area (Å²) in [6, 6.07) is 65.8. The Hall–Kier alpha value is -4.90. The minimum absolute atomic E-state index is 1.32. The van der Waals surface area contributed by atoms with Crippen molar-refractivity contribution in [3.8, 4) is 0 Å². The molecule has 0 N–H and O–H groups in total. The van der Waals surface area contributed by atoms with Crippen molar-refractivity contribution in [2.24, 2.45) is 0 Å². The lowest BCUT2D eigenvalue weighted by molar-refractivity contribution is -0.0522. The Morgan fingerprint density at radius 2 is 0.509 bits per heavy atom. The monoisotopic (exact) mass is 860 g/mol. The number of benzene rings is 6. The molecular weight excluding hydrogens is 829 g/mol. The van der Waals surface area contributed by atoms with Crippen molar-refractivity contribution in [3.05, 3.63) is 199 Å². The molecule has 0 unspecified atom stereocenters. The molecule has 0 amide bonds. The van der Waals surface area contributed by atoms with E-state index in [2.05, 4.69) is 199 Å². The van der Waals surface area contributed by atoms with Crippen molar-refractivity contribution in [2.75, 3.05) is 0 Å². The zero-order valence-corrected chi connectivity index (χ0v) is 32.8. The Kier molecular flexibility index (Phi) is 15.0. The first-order valence-corrected chi connectivity index (χ1v) is 23.0. The summed E-state index contributed by atoms with van der Waals surface area (Å²) in [7, 11) is -16.5. The minimum Gasteiger partial charge on any atom is -0.741 e. The highest BCUT2D eigenvalue weighted by atomic mass is 32.2. The van der Waals surface area contributed by atoms with Crippen molar-refractivity contribution in [1.29, 1.82) is 0 Å². The molecule has 0 atom stereocenters. The maximum Gasteiger partial charge on any atom is 0.485 e. The molecule has 0 aromatic heterocycles. The Bertz CT molecular complexity index is 2090. The van der Waals surface area contributed by atoms with Gasteiger partial charge in [0.2, 0.25) is 0 Å². The van der Waals surface area contributed by atoms with Gasteiger partial charge in [-0.2, -0.15) is 26.3 Å². The molecule has 6 aromatic rings. The fourth-order valence-corrected chi connectivity index (χ4v) is 12.8. The predicted molar refractivity (Wildman–Crippen MR) is 214 cm³/mol. The second-order valence-corrected chi connectivity index (χ2v) is 20.9. The third kappa shape index (κ3) is 11.2. The molecule has 0 saturated heterocycles. The molecule has 0 spiro atoms. The zero-order chi connectivity index (χ0) is 41.8. The minimum atomic E-state index is -6.09. The molecule has 296 valence electrons. The fraction of sp³-hybridized carbons (Fsp3) is 0.0488. The molecule has 0 aliphatic rings. The lowest BCUT2D eigenvalue weighted by Gasteiger charge is -2.24. The number of halogens is 6. The summed E-state index contributed by atoms with van der Waals surface area (Å²) in [6.07, 6.45) is 0. The molecular formula is C41H32F6O6P2S2. The summed E-state index contributed by atoms with van der Waals surface area (Å²) in [4.78, 5) is 0. The maximum atomic E-state index is 10.7. The van der Waals surface area contributed by atoms with E-state index < -0.39 is 45.8 Å². The largest absolute Gasteiger partial charge is 0.741 e. The second-order valence-electron chi connectivity index (χ2n) is 11.7. The molecule has 57 heavy (non-hydrogen) atoms. The fourth-order valence-electron chi connectivity index (χ4n) is 5.58.